The van der Waals surface area contributed by atoms with E-state index in [1.807, 2.05) is 24.3 Å². The van der Waals surface area contributed by atoms with Crippen LogP contribution >= 0.6 is 23.4 Å². The number of hydrogen-bond acceptors (Lipinski definition) is 3. The molecule has 1 heterocycles. The van der Waals surface area contributed by atoms with E-state index in [1.54, 1.807) is 30.2 Å². The first-order chi connectivity index (χ1) is 7.27. The summed E-state index contributed by atoms with van der Waals surface area (Å²) in [7, 11) is 0. The monoisotopic (exact) mass is 236 g/mol. The summed E-state index contributed by atoms with van der Waals surface area (Å²) in [5, 5.41) is 0.592. The highest BCUT2D eigenvalue weighted by molar-refractivity contribution is 7.99. The van der Waals surface area contributed by atoms with Gasteiger partial charge in [-0.25, -0.2) is 0 Å². The number of benzene rings is 1. The Morgan fingerprint density at radius 2 is 1.87 bits per heavy atom. The molecule has 2 aromatic rings. The van der Waals surface area contributed by atoms with Gasteiger partial charge in [0.15, 0.2) is 0 Å². The van der Waals surface area contributed by atoms with Gasteiger partial charge in [0.05, 0.1) is 10.7 Å². The first-order valence-corrected chi connectivity index (χ1v) is 5.58. The van der Waals surface area contributed by atoms with Crippen molar-refractivity contribution in [2.45, 2.75) is 9.79 Å². The van der Waals surface area contributed by atoms with Crippen molar-refractivity contribution in [3.63, 3.8) is 0 Å². The smallest absolute Gasteiger partial charge is 0.0647 e. The van der Waals surface area contributed by atoms with E-state index < -0.39 is 0 Å². The van der Waals surface area contributed by atoms with Gasteiger partial charge in [-0.2, -0.15) is 0 Å². The lowest BCUT2D eigenvalue weighted by molar-refractivity contribution is 1.26. The fourth-order valence-electron chi connectivity index (χ4n) is 1.14. The average molecular weight is 237 g/mol. The number of nitrogen functional groups attached to an aromatic ring is 1. The summed E-state index contributed by atoms with van der Waals surface area (Å²) in [6.45, 7) is 0. The van der Waals surface area contributed by atoms with Crippen molar-refractivity contribution < 1.29 is 0 Å². The Hall–Kier alpha value is -1.19. The minimum absolute atomic E-state index is 0.592. The molecule has 0 aliphatic carbocycles. The molecule has 0 unspecified atom stereocenters. The molecule has 0 atom stereocenters. The first kappa shape index (κ1) is 10.3. The molecular formula is C11H9ClN2S. The Bertz CT molecular complexity index is 459. The number of hydrogen-bond donors (Lipinski definition) is 1. The molecule has 0 aliphatic heterocycles. The molecule has 0 fully saturated rings. The summed E-state index contributed by atoms with van der Waals surface area (Å²) in [5.74, 6) is 0. The van der Waals surface area contributed by atoms with Gasteiger partial charge in [0.1, 0.15) is 0 Å². The lowest BCUT2D eigenvalue weighted by Gasteiger charge is -2.05. The predicted molar refractivity (Wildman–Crippen MR) is 64.2 cm³/mol. The molecule has 4 heteroatoms. The second kappa shape index (κ2) is 4.55. The number of halogens is 1. The van der Waals surface area contributed by atoms with Gasteiger partial charge in [0.2, 0.25) is 0 Å². The van der Waals surface area contributed by atoms with E-state index >= 15 is 0 Å². The third kappa shape index (κ3) is 2.43. The van der Waals surface area contributed by atoms with Crippen molar-refractivity contribution in [3.05, 3.63) is 47.7 Å². The van der Waals surface area contributed by atoms with Crippen LogP contribution in [0.15, 0.2) is 52.5 Å². The van der Waals surface area contributed by atoms with Gasteiger partial charge in [-0.3, -0.25) is 4.98 Å². The summed E-state index contributed by atoms with van der Waals surface area (Å²) < 4.78 is 0. The van der Waals surface area contributed by atoms with Gasteiger partial charge in [-0.1, -0.05) is 29.4 Å². The molecule has 0 aliphatic rings. The van der Waals surface area contributed by atoms with Gasteiger partial charge in [0.25, 0.3) is 0 Å². The van der Waals surface area contributed by atoms with Gasteiger partial charge in [0, 0.05) is 22.2 Å². The maximum Gasteiger partial charge on any atom is 0.0647 e. The van der Waals surface area contributed by atoms with Crippen LogP contribution in [0, 0.1) is 0 Å². The van der Waals surface area contributed by atoms with Crippen molar-refractivity contribution in [3.8, 4) is 0 Å². The standard InChI is InChI=1S/C11H9ClN2S/c12-9-2-1-3-10(11(9)13)15-8-4-6-14-7-5-8/h1-7H,13H2. The van der Waals surface area contributed by atoms with Crippen LogP contribution in [0.2, 0.25) is 5.02 Å². The van der Waals surface area contributed by atoms with Crippen LogP contribution in [0.4, 0.5) is 5.69 Å². The summed E-state index contributed by atoms with van der Waals surface area (Å²) >= 11 is 7.51. The minimum Gasteiger partial charge on any atom is -0.397 e. The first-order valence-electron chi connectivity index (χ1n) is 4.39. The maximum atomic E-state index is 5.93. The highest BCUT2D eigenvalue weighted by Crippen LogP contribution is 2.34. The molecule has 0 bridgehead atoms. The van der Waals surface area contributed by atoms with Gasteiger partial charge in [-0.05, 0) is 24.3 Å². The molecule has 15 heavy (non-hydrogen) atoms. The Morgan fingerprint density at radius 1 is 1.13 bits per heavy atom. The number of nitrogens with zero attached hydrogens (tertiary/aromatic N) is 1. The minimum atomic E-state index is 0.592. The van der Waals surface area contributed by atoms with Crippen LogP contribution in [0.5, 0.6) is 0 Å². The average Bonchev–Trinajstić information content (AvgIpc) is 2.26. The highest BCUT2D eigenvalue weighted by Gasteiger charge is 2.04. The van der Waals surface area contributed by atoms with E-state index in [0.29, 0.717) is 10.7 Å². The molecule has 0 spiro atoms. The Morgan fingerprint density at radius 3 is 2.60 bits per heavy atom. The second-order valence-electron chi connectivity index (χ2n) is 2.94. The summed E-state index contributed by atoms with van der Waals surface area (Å²) in [5.41, 5.74) is 6.49. The number of aromatic nitrogens is 1. The number of anilines is 1. The van der Waals surface area contributed by atoms with Crippen molar-refractivity contribution in [2.75, 3.05) is 5.73 Å². The lowest BCUT2D eigenvalue weighted by Crippen LogP contribution is -1.89. The molecule has 2 nitrogen and oxygen atoms in total. The molecule has 1 aromatic heterocycles. The van der Waals surface area contributed by atoms with Gasteiger partial charge in [-0.15, -0.1) is 0 Å². The lowest BCUT2D eigenvalue weighted by atomic mass is 10.3. The van der Waals surface area contributed by atoms with E-state index in [9.17, 15) is 0 Å². The third-order valence-electron chi connectivity index (χ3n) is 1.89. The summed E-state index contributed by atoms with van der Waals surface area (Å²) in [4.78, 5) is 6.02. The van der Waals surface area contributed by atoms with E-state index in [2.05, 4.69) is 4.98 Å². The van der Waals surface area contributed by atoms with Crippen LogP contribution in [0.3, 0.4) is 0 Å². The van der Waals surface area contributed by atoms with Gasteiger partial charge >= 0.3 is 0 Å². The topological polar surface area (TPSA) is 38.9 Å². The van der Waals surface area contributed by atoms with Crippen LogP contribution in [-0.4, -0.2) is 4.98 Å². The molecule has 0 radical (unpaired) electrons. The maximum absolute atomic E-state index is 5.93. The molecular weight excluding hydrogens is 228 g/mol. The number of rotatable bonds is 2. The molecule has 0 saturated carbocycles. The highest BCUT2D eigenvalue weighted by atomic mass is 35.5. The van der Waals surface area contributed by atoms with Crippen LogP contribution in [0.1, 0.15) is 0 Å². The molecule has 76 valence electrons. The largest absolute Gasteiger partial charge is 0.397 e. The quantitative estimate of drug-likeness (QED) is 0.812. The Labute approximate surface area is 97.5 Å². The van der Waals surface area contributed by atoms with E-state index in [-0.39, 0.29) is 0 Å². The van der Waals surface area contributed by atoms with E-state index in [0.717, 1.165) is 9.79 Å². The van der Waals surface area contributed by atoms with Gasteiger partial charge < -0.3 is 5.73 Å². The summed E-state index contributed by atoms with van der Waals surface area (Å²) in [6.07, 6.45) is 3.51. The van der Waals surface area contributed by atoms with Crippen molar-refractivity contribution in [2.24, 2.45) is 0 Å². The number of para-hydroxylation sites is 1. The van der Waals surface area contributed by atoms with Crippen LogP contribution < -0.4 is 5.73 Å². The van der Waals surface area contributed by atoms with Crippen LogP contribution in [-0.2, 0) is 0 Å². The molecule has 0 saturated heterocycles. The zero-order valence-corrected chi connectivity index (χ0v) is 9.42. The SMILES string of the molecule is Nc1c(Cl)cccc1Sc1ccncc1. The zero-order valence-electron chi connectivity index (χ0n) is 7.85. The van der Waals surface area contributed by atoms with Crippen LogP contribution in [0.25, 0.3) is 0 Å². The number of nitrogens with two attached hydrogens (primary N) is 1. The molecule has 0 amide bonds. The van der Waals surface area contributed by atoms with Crippen molar-refractivity contribution in [1.29, 1.82) is 0 Å². The number of pyridine rings is 1. The Kier molecular flexibility index (Phi) is 3.14. The Balaban J connectivity index is 2.29. The fraction of sp³-hybridized carbons (Fsp3) is 0. The van der Waals surface area contributed by atoms with E-state index in [4.69, 9.17) is 17.3 Å². The molecule has 1 aromatic carbocycles. The van der Waals surface area contributed by atoms with E-state index in [1.165, 1.54) is 0 Å². The summed E-state index contributed by atoms with van der Waals surface area (Å²) in [6, 6.07) is 9.50. The molecule has 2 N–H and O–H groups in total. The van der Waals surface area contributed by atoms with Crippen molar-refractivity contribution in [1.82, 2.24) is 4.98 Å². The third-order valence-corrected chi connectivity index (χ3v) is 3.30. The fourth-order valence-corrected chi connectivity index (χ4v) is 2.25. The van der Waals surface area contributed by atoms with Crippen molar-refractivity contribution >= 4 is 29.1 Å². The normalized spacial score (nSPS) is 10.2. The second-order valence-corrected chi connectivity index (χ2v) is 4.46. The molecule has 2 rings (SSSR count). The zero-order chi connectivity index (χ0) is 10.7. The predicted octanol–water partition coefficient (Wildman–Crippen LogP) is 3.47.